The molecular formula is C22H26N2O4. The van der Waals surface area contributed by atoms with Crippen LogP contribution in [0.4, 0.5) is 5.69 Å². The maximum absolute atomic E-state index is 12.8. The first-order valence-corrected chi connectivity index (χ1v) is 9.57. The van der Waals surface area contributed by atoms with Gasteiger partial charge >= 0.3 is 0 Å². The highest BCUT2D eigenvalue weighted by Gasteiger charge is 2.24. The largest absolute Gasteiger partial charge is 0.494 e. The molecular weight excluding hydrogens is 356 g/mol. The minimum absolute atomic E-state index is 0.0409. The molecule has 2 amide bonds. The normalized spacial score (nSPS) is 16.5. The van der Waals surface area contributed by atoms with Crippen molar-refractivity contribution in [1.29, 1.82) is 0 Å². The van der Waals surface area contributed by atoms with Crippen molar-refractivity contribution in [3.63, 3.8) is 0 Å². The fraction of sp³-hybridized carbons (Fsp3) is 0.364. The molecule has 1 unspecified atom stereocenters. The number of carbonyl (C=O) groups is 2. The zero-order valence-electron chi connectivity index (χ0n) is 16.3. The van der Waals surface area contributed by atoms with E-state index in [4.69, 9.17) is 9.47 Å². The lowest BCUT2D eigenvalue weighted by Gasteiger charge is -2.33. The summed E-state index contributed by atoms with van der Waals surface area (Å²) < 4.78 is 10.8. The Kier molecular flexibility index (Phi) is 6.66. The molecule has 1 atom stereocenters. The van der Waals surface area contributed by atoms with Gasteiger partial charge in [-0.05, 0) is 49.7 Å². The molecule has 1 aliphatic heterocycles. The van der Waals surface area contributed by atoms with Crippen LogP contribution in [-0.2, 0) is 16.0 Å². The Morgan fingerprint density at radius 3 is 2.71 bits per heavy atom. The lowest BCUT2D eigenvalue weighted by Crippen LogP contribution is -2.47. The van der Waals surface area contributed by atoms with E-state index in [0.29, 0.717) is 37.6 Å². The summed E-state index contributed by atoms with van der Waals surface area (Å²) in [5, 5.41) is 2.87. The van der Waals surface area contributed by atoms with E-state index in [1.165, 1.54) is 0 Å². The van der Waals surface area contributed by atoms with Gasteiger partial charge in [-0.3, -0.25) is 9.59 Å². The fourth-order valence-corrected chi connectivity index (χ4v) is 3.19. The third-order valence-electron chi connectivity index (χ3n) is 4.62. The highest BCUT2D eigenvalue weighted by Crippen LogP contribution is 2.17. The highest BCUT2D eigenvalue weighted by atomic mass is 16.5. The third kappa shape index (κ3) is 5.10. The summed E-state index contributed by atoms with van der Waals surface area (Å²) in [5.41, 5.74) is 2.07. The Morgan fingerprint density at radius 2 is 2.00 bits per heavy atom. The smallest absolute Gasteiger partial charge is 0.254 e. The van der Waals surface area contributed by atoms with E-state index in [0.717, 1.165) is 11.3 Å². The van der Waals surface area contributed by atoms with Gasteiger partial charge in [0.05, 0.1) is 32.3 Å². The quantitative estimate of drug-likeness (QED) is 0.834. The summed E-state index contributed by atoms with van der Waals surface area (Å²) in [6.45, 7) is 6.19. The first-order chi connectivity index (χ1) is 13.6. The second-order valence-corrected chi connectivity index (χ2v) is 6.81. The lowest BCUT2D eigenvalue weighted by molar-refractivity contribution is -0.115. The number of amides is 2. The van der Waals surface area contributed by atoms with E-state index >= 15 is 0 Å². The van der Waals surface area contributed by atoms with Gasteiger partial charge in [0.1, 0.15) is 5.75 Å². The molecule has 0 radical (unpaired) electrons. The molecule has 148 valence electrons. The Balaban J connectivity index is 1.62. The standard InChI is InChI=1S/C22H26N2O4/c1-3-28-20-9-7-17(8-10-20)13-21(25)23-19-6-4-5-18(14-19)22(26)24-11-12-27-15-16(24)2/h4-10,14,16H,3,11-13,15H2,1-2H3,(H,23,25). The number of anilines is 1. The van der Waals surface area contributed by atoms with Gasteiger partial charge in [-0.15, -0.1) is 0 Å². The number of nitrogens with one attached hydrogen (secondary N) is 1. The first-order valence-electron chi connectivity index (χ1n) is 9.57. The van der Waals surface area contributed by atoms with Crippen LogP contribution in [0, 0.1) is 0 Å². The van der Waals surface area contributed by atoms with Gasteiger partial charge in [0.2, 0.25) is 5.91 Å². The number of rotatable bonds is 6. The van der Waals surface area contributed by atoms with Crippen LogP contribution in [0.15, 0.2) is 48.5 Å². The van der Waals surface area contributed by atoms with Crippen molar-refractivity contribution in [2.45, 2.75) is 26.3 Å². The molecule has 1 aliphatic rings. The molecule has 3 rings (SSSR count). The van der Waals surface area contributed by atoms with Crippen LogP contribution in [0.1, 0.15) is 29.8 Å². The third-order valence-corrected chi connectivity index (χ3v) is 4.62. The average molecular weight is 382 g/mol. The second kappa shape index (κ2) is 9.37. The van der Waals surface area contributed by atoms with Crippen molar-refractivity contribution >= 4 is 17.5 Å². The van der Waals surface area contributed by atoms with Crippen molar-refractivity contribution < 1.29 is 19.1 Å². The molecule has 0 saturated carbocycles. The molecule has 6 heteroatoms. The molecule has 1 heterocycles. The van der Waals surface area contributed by atoms with Gasteiger partial charge in [-0.1, -0.05) is 18.2 Å². The molecule has 2 aromatic carbocycles. The predicted octanol–water partition coefficient (Wildman–Crippen LogP) is 3.13. The van der Waals surface area contributed by atoms with Crippen molar-refractivity contribution in [3.8, 4) is 5.75 Å². The van der Waals surface area contributed by atoms with Crippen molar-refractivity contribution in [2.75, 3.05) is 31.7 Å². The molecule has 2 aromatic rings. The first kappa shape index (κ1) is 19.9. The molecule has 1 fully saturated rings. The molecule has 1 saturated heterocycles. The zero-order valence-corrected chi connectivity index (χ0v) is 16.3. The second-order valence-electron chi connectivity index (χ2n) is 6.81. The van der Waals surface area contributed by atoms with E-state index < -0.39 is 0 Å². The molecule has 28 heavy (non-hydrogen) atoms. The van der Waals surface area contributed by atoms with E-state index in [2.05, 4.69) is 5.32 Å². The van der Waals surface area contributed by atoms with E-state index in [1.54, 1.807) is 24.3 Å². The number of nitrogens with zero attached hydrogens (tertiary/aromatic N) is 1. The molecule has 0 spiro atoms. The summed E-state index contributed by atoms with van der Waals surface area (Å²) in [7, 11) is 0. The van der Waals surface area contributed by atoms with E-state index in [-0.39, 0.29) is 24.3 Å². The van der Waals surface area contributed by atoms with Gasteiger partial charge in [-0.2, -0.15) is 0 Å². The summed E-state index contributed by atoms with van der Waals surface area (Å²) in [5.74, 6) is 0.613. The van der Waals surface area contributed by atoms with E-state index in [9.17, 15) is 9.59 Å². The SMILES string of the molecule is CCOc1ccc(CC(=O)Nc2cccc(C(=O)N3CCOCC3C)c2)cc1. The molecule has 1 N–H and O–H groups in total. The van der Waals surface area contributed by atoms with Crippen molar-refractivity contribution in [3.05, 3.63) is 59.7 Å². The Bertz CT molecular complexity index is 820. The minimum Gasteiger partial charge on any atom is -0.494 e. The molecule has 0 aliphatic carbocycles. The predicted molar refractivity (Wildman–Crippen MR) is 108 cm³/mol. The Labute approximate surface area is 165 Å². The van der Waals surface area contributed by atoms with Crippen molar-refractivity contribution in [1.82, 2.24) is 4.90 Å². The molecule has 6 nitrogen and oxygen atoms in total. The Hall–Kier alpha value is -2.86. The van der Waals surface area contributed by atoms with Crippen LogP contribution in [-0.4, -0.2) is 49.1 Å². The van der Waals surface area contributed by atoms with Gasteiger partial charge in [-0.25, -0.2) is 0 Å². The maximum Gasteiger partial charge on any atom is 0.254 e. The summed E-state index contributed by atoms with van der Waals surface area (Å²) in [6, 6.07) is 14.6. The van der Waals surface area contributed by atoms with Crippen LogP contribution < -0.4 is 10.1 Å². The molecule has 0 aromatic heterocycles. The van der Waals surface area contributed by atoms with E-state index in [1.807, 2.05) is 43.0 Å². The topological polar surface area (TPSA) is 67.9 Å². The minimum atomic E-state index is -0.131. The van der Waals surface area contributed by atoms with Crippen LogP contribution >= 0.6 is 0 Å². The van der Waals surface area contributed by atoms with Crippen LogP contribution in [0.3, 0.4) is 0 Å². The number of hydrogen-bond acceptors (Lipinski definition) is 4. The number of morpholine rings is 1. The average Bonchev–Trinajstić information content (AvgIpc) is 2.70. The number of carbonyl (C=O) groups excluding carboxylic acids is 2. The number of ether oxygens (including phenoxy) is 2. The monoisotopic (exact) mass is 382 g/mol. The summed E-state index contributed by atoms with van der Waals surface area (Å²) in [6.07, 6.45) is 0.255. The van der Waals surface area contributed by atoms with Gasteiger partial charge in [0.15, 0.2) is 0 Å². The van der Waals surface area contributed by atoms with Crippen molar-refractivity contribution in [2.24, 2.45) is 0 Å². The fourth-order valence-electron chi connectivity index (χ4n) is 3.19. The van der Waals surface area contributed by atoms with Crippen LogP contribution in [0.2, 0.25) is 0 Å². The zero-order chi connectivity index (χ0) is 19.9. The molecule has 0 bridgehead atoms. The van der Waals surface area contributed by atoms with Gasteiger partial charge < -0.3 is 19.7 Å². The lowest BCUT2D eigenvalue weighted by atomic mass is 10.1. The van der Waals surface area contributed by atoms with Gasteiger partial charge in [0, 0.05) is 17.8 Å². The summed E-state index contributed by atoms with van der Waals surface area (Å²) in [4.78, 5) is 27.0. The Morgan fingerprint density at radius 1 is 1.21 bits per heavy atom. The number of benzene rings is 2. The van der Waals surface area contributed by atoms with Crippen LogP contribution in [0.25, 0.3) is 0 Å². The summed E-state index contributed by atoms with van der Waals surface area (Å²) >= 11 is 0. The maximum atomic E-state index is 12.8. The van der Waals surface area contributed by atoms with Gasteiger partial charge in [0.25, 0.3) is 5.91 Å². The number of hydrogen-bond donors (Lipinski definition) is 1. The highest BCUT2D eigenvalue weighted by molar-refractivity contribution is 5.97. The van der Waals surface area contributed by atoms with Crippen LogP contribution in [0.5, 0.6) is 5.75 Å².